The van der Waals surface area contributed by atoms with Crippen molar-refractivity contribution in [1.29, 1.82) is 0 Å². The summed E-state index contributed by atoms with van der Waals surface area (Å²) in [6.07, 6.45) is 1.77. The molecule has 21 heavy (non-hydrogen) atoms. The standard InChI is InChI=1S/C17H18ClN3/c1-11(2)15-8-12-7-14(18)13(9-16(12)21-15)10-20-17-5-3-4-6-19-17/h3-9,11,21H,10H2,1-2H3,(H,19,20). The summed E-state index contributed by atoms with van der Waals surface area (Å²) >= 11 is 6.38. The van der Waals surface area contributed by atoms with Gasteiger partial charge in [-0.15, -0.1) is 0 Å². The molecule has 0 aliphatic heterocycles. The number of nitrogens with zero attached hydrogens (tertiary/aromatic N) is 1. The molecule has 2 N–H and O–H groups in total. The number of nitrogens with one attached hydrogen (secondary N) is 2. The van der Waals surface area contributed by atoms with Crippen LogP contribution in [0.1, 0.15) is 31.0 Å². The number of pyridine rings is 1. The van der Waals surface area contributed by atoms with Crippen LogP contribution in [0.5, 0.6) is 0 Å². The van der Waals surface area contributed by atoms with Crippen LogP contribution in [0.4, 0.5) is 5.82 Å². The molecule has 3 rings (SSSR count). The van der Waals surface area contributed by atoms with E-state index in [0.29, 0.717) is 12.5 Å². The van der Waals surface area contributed by atoms with Crippen molar-refractivity contribution >= 4 is 28.3 Å². The van der Waals surface area contributed by atoms with Gasteiger partial charge in [0.25, 0.3) is 0 Å². The lowest BCUT2D eigenvalue weighted by Gasteiger charge is -2.07. The monoisotopic (exact) mass is 299 g/mol. The second-order valence-corrected chi connectivity index (χ2v) is 5.89. The number of halogens is 1. The lowest BCUT2D eigenvalue weighted by molar-refractivity contribution is 0.836. The Hall–Kier alpha value is -2.00. The van der Waals surface area contributed by atoms with Crippen LogP contribution in [0, 0.1) is 0 Å². The predicted octanol–water partition coefficient (Wildman–Crippen LogP) is 4.95. The third kappa shape index (κ3) is 3.03. The Kier molecular flexibility index (Phi) is 3.84. The zero-order chi connectivity index (χ0) is 14.8. The maximum absolute atomic E-state index is 6.38. The van der Waals surface area contributed by atoms with Crippen molar-refractivity contribution in [2.75, 3.05) is 5.32 Å². The van der Waals surface area contributed by atoms with Crippen molar-refractivity contribution in [1.82, 2.24) is 9.97 Å². The molecule has 0 spiro atoms. The van der Waals surface area contributed by atoms with Gasteiger partial charge < -0.3 is 10.3 Å². The molecule has 0 saturated carbocycles. The lowest BCUT2D eigenvalue weighted by atomic mass is 10.1. The summed E-state index contributed by atoms with van der Waals surface area (Å²) in [6.45, 7) is 5.01. The Bertz CT molecular complexity index is 747. The Labute approximate surface area is 129 Å². The van der Waals surface area contributed by atoms with Crippen molar-refractivity contribution in [2.45, 2.75) is 26.3 Å². The van der Waals surface area contributed by atoms with Gasteiger partial charge in [-0.3, -0.25) is 0 Å². The van der Waals surface area contributed by atoms with Gasteiger partial charge in [-0.25, -0.2) is 4.98 Å². The van der Waals surface area contributed by atoms with Crippen LogP contribution in [0.25, 0.3) is 10.9 Å². The van der Waals surface area contributed by atoms with Gasteiger partial charge >= 0.3 is 0 Å². The van der Waals surface area contributed by atoms with E-state index in [1.165, 1.54) is 5.69 Å². The number of hydrogen-bond acceptors (Lipinski definition) is 2. The number of anilines is 1. The van der Waals surface area contributed by atoms with E-state index in [0.717, 1.165) is 27.3 Å². The largest absolute Gasteiger partial charge is 0.366 e. The van der Waals surface area contributed by atoms with Gasteiger partial charge in [0.2, 0.25) is 0 Å². The van der Waals surface area contributed by atoms with Crippen molar-refractivity contribution in [3.05, 3.63) is 58.9 Å². The average molecular weight is 300 g/mol. The maximum atomic E-state index is 6.38. The molecule has 0 bridgehead atoms. The maximum Gasteiger partial charge on any atom is 0.126 e. The highest BCUT2D eigenvalue weighted by molar-refractivity contribution is 6.32. The molecule has 0 radical (unpaired) electrons. The normalized spacial score (nSPS) is 11.2. The second-order valence-electron chi connectivity index (χ2n) is 5.48. The summed E-state index contributed by atoms with van der Waals surface area (Å²) in [5.41, 5.74) is 3.42. The molecule has 0 unspecified atom stereocenters. The summed E-state index contributed by atoms with van der Waals surface area (Å²) in [5, 5.41) is 5.22. The molecule has 3 aromatic rings. The molecular formula is C17H18ClN3. The first kappa shape index (κ1) is 14.0. The highest BCUT2D eigenvalue weighted by Gasteiger charge is 2.08. The van der Waals surface area contributed by atoms with E-state index in [-0.39, 0.29) is 0 Å². The molecule has 0 atom stereocenters. The van der Waals surface area contributed by atoms with Crippen molar-refractivity contribution in [2.24, 2.45) is 0 Å². The van der Waals surface area contributed by atoms with Gasteiger partial charge in [0.15, 0.2) is 0 Å². The number of aromatic amines is 1. The molecule has 3 nitrogen and oxygen atoms in total. The minimum atomic E-state index is 0.478. The van der Waals surface area contributed by atoms with E-state index < -0.39 is 0 Å². The van der Waals surface area contributed by atoms with E-state index in [9.17, 15) is 0 Å². The Balaban J connectivity index is 1.86. The fourth-order valence-corrected chi connectivity index (χ4v) is 2.56. The van der Waals surface area contributed by atoms with Crippen LogP contribution in [0.3, 0.4) is 0 Å². The van der Waals surface area contributed by atoms with Gasteiger partial charge in [0.1, 0.15) is 5.82 Å². The van der Waals surface area contributed by atoms with Crippen LogP contribution in [-0.4, -0.2) is 9.97 Å². The number of rotatable bonds is 4. The summed E-state index contributed by atoms with van der Waals surface area (Å²) < 4.78 is 0. The lowest BCUT2D eigenvalue weighted by Crippen LogP contribution is -2.01. The van der Waals surface area contributed by atoms with Gasteiger partial charge in [-0.1, -0.05) is 31.5 Å². The van der Waals surface area contributed by atoms with Crippen LogP contribution >= 0.6 is 11.6 Å². The minimum absolute atomic E-state index is 0.478. The fraction of sp³-hybridized carbons (Fsp3) is 0.235. The van der Waals surface area contributed by atoms with Gasteiger partial charge in [0, 0.05) is 34.4 Å². The Morgan fingerprint density at radius 3 is 2.81 bits per heavy atom. The zero-order valence-electron chi connectivity index (χ0n) is 12.2. The molecule has 108 valence electrons. The van der Waals surface area contributed by atoms with Crippen LogP contribution in [0.2, 0.25) is 5.02 Å². The smallest absolute Gasteiger partial charge is 0.126 e. The molecule has 0 aliphatic carbocycles. The third-order valence-electron chi connectivity index (χ3n) is 3.56. The van der Waals surface area contributed by atoms with Crippen LogP contribution in [0.15, 0.2) is 42.6 Å². The third-order valence-corrected chi connectivity index (χ3v) is 3.91. The number of hydrogen-bond donors (Lipinski definition) is 2. The van der Waals surface area contributed by atoms with Gasteiger partial charge in [0.05, 0.1) is 0 Å². The summed E-state index contributed by atoms with van der Waals surface area (Å²) in [6, 6.07) is 12.1. The van der Waals surface area contributed by atoms with Gasteiger partial charge in [-0.2, -0.15) is 0 Å². The van der Waals surface area contributed by atoms with Gasteiger partial charge in [-0.05, 0) is 41.8 Å². The number of aromatic nitrogens is 2. The molecule has 0 fully saturated rings. The Morgan fingerprint density at radius 2 is 2.10 bits per heavy atom. The van der Waals surface area contributed by atoms with E-state index in [1.54, 1.807) is 6.20 Å². The Morgan fingerprint density at radius 1 is 1.24 bits per heavy atom. The van der Waals surface area contributed by atoms with Crippen molar-refractivity contribution in [3.63, 3.8) is 0 Å². The first-order chi connectivity index (χ1) is 10.1. The molecular weight excluding hydrogens is 282 g/mol. The topological polar surface area (TPSA) is 40.7 Å². The van der Waals surface area contributed by atoms with E-state index >= 15 is 0 Å². The predicted molar refractivity (Wildman–Crippen MR) is 89.0 cm³/mol. The highest BCUT2D eigenvalue weighted by atomic mass is 35.5. The zero-order valence-corrected chi connectivity index (χ0v) is 12.9. The molecule has 0 aliphatic rings. The van der Waals surface area contributed by atoms with Crippen molar-refractivity contribution < 1.29 is 0 Å². The van der Waals surface area contributed by atoms with Crippen molar-refractivity contribution in [3.8, 4) is 0 Å². The van der Waals surface area contributed by atoms with E-state index in [2.05, 4.69) is 41.3 Å². The number of fused-ring (bicyclic) bond motifs is 1. The molecule has 4 heteroatoms. The van der Waals surface area contributed by atoms with E-state index in [1.807, 2.05) is 24.3 Å². The quantitative estimate of drug-likeness (QED) is 0.715. The first-order valence-electron chi connectivity index (χ1n) is 7.09. The average Bonchev–Trinajstić information content (AvgIpc) is 2.89. The molecule has 1 aromatic carbocycles. The molecule has 2 heterocycles. The summed E-state index contributed by atoms with van der Waals surface area (Å²) in [7, 11) is 0. The van der Waals surface area contributed by atoms with E-state index in [4.69, 9.17) is 11.6 Å². The summed E-state index contributed by atoms with van der Waals surface area (Å²) in [5.74, 6) is 1.33. The second kappa shape index (κ2) is 5.78. The van der Waals surface area contributed by atoms with Crippen LogP contribution < -0.4 is 5.32 Å². The van der Waals surface area contributed by atoms with Crippen LogP contribution in [-0.2, 0) is 6.54 Å². The minimum Gasteiger partial charge on any atom is -0.366 e. The fourth-order valence-electron chi connectivity index (χ4n) is 2.32. The molecule has 0 amide bonds. The summed E-state index contributed by atoms with van der Waals surface area (Å²) in [4.78, 5) is 7.71. The molecule has 2 aromatic heterocycles. The molecule has 0 saturated heterocycles. The number of H-pyrrole nitrogens is 1. The first-order valence-corrected chi connectivity index (χ1v) is 7.47. The highest BCUT2D eigenvalue weighted by Crippen LogP contribution is 2.27. The SMILES string of the molecule is CC(C)c1cc2cc(Cl)c(CNc3ccccn3)cc2[nH]1. The number of benzene rings is 1.